The minimum absolute atomic E-state index is 0.0183. The van der Waals surface area contributed by atoms with E-state index in [0.717, 1.165) is 11.7 Å². The molecule has 0 radical (unpaired) electrons. The molecule has 0 saturated heterocycles. The molecule has 1 amide bonds. The van der Waals surface area contributed by atoms with E-state index in [-0.39, 0.29) is 5.91 Å². The van der Waals surface area contributed by atoms with Crippen molar-refractivity contribution in [2.75, 3.05) is 22.6 Å². The Morgan fingerprint density at radius 3 is 2.84 bits per heavy atom. The highest BCUT2D eigenvalue weighted by atomic mass is 35.5. The zero-order valence-corrected chi connectivity index (χ0v) is 12.4. The smallest absolute Gasteiger partial charge is 0.234 e. The molecule has 3 nitrogen and oxygen atoms in total. The van der Waals surface area contributed by atoms with Crippen molar-refractivity contribution in [3.63, 3.8) is 0 Å². The predicted molar refractivity (Wildman–Crippen MR) is 83.8 cm³/mol. The van der Waals surface area contributed by atoms with Gasteiger partial charge in [-0.1, -0.05) is 24.4 Å². The van der Waals surface area contributed by atoms with Gasteiger partial charge in [0.15, 0.2) is 0 Å². The summed E-state index contributed by atoms with van der Waals surface area (Å²) >= 11 is 7.55. The molecule has 104 valence electrons. The summed E-state index contributed by atoms with van der Waals surface area (Å²) in [5, 5.41) is 3.34. The second-order valence-corrected chi connectivity index (χ2v) is 6.39. The fourth-order valence-corrected chi connectivity index (χ4v) is 3.47. The van der Waals surface area contributed by atoms with Crippen LogP contribution in [0.15, 0.2) is 18.2 Å². The molecule has 1 fully saturated rings. The van der Waals surface area contributed by atoms with Gasteiger partial charge in [-0.2, -0.15) is 11.8 Å². The van der Waals surface area contributed by atoms with Gasteiger partial charge < -0.3 is 11.1 Å². The maximum atomic E-state index is 11.8. The number of anilines is 2. The van der Waals surface area contributed by atoms with Crippen molar-refractivity contribution in [1.82, 2.24) is 0 Å². The lowest BCUT2D eigenvalue weighted by molar-refractivity contribution is -0.113. The third kappa shape index (κ3) is 4.62. The van der Waals surface area contributed by atoms with E-state index in [9.17, 15) is 4.79 Å². The van der Waals surface area contributed by atoms with Crippen molar-refractivity contribution in [2.24, 2.45) is 5.92 Å². The zero-order valence-electron chi connectivity index (χ0n) is 10.8. The molecule has 1 aliphatic carbocycles. The summed E-state index contributed by atoms with van der Waals surface area (Å²) < 4.78 is 0. The summed E-state index contributed by atoms with van der Waals surface area (Å²) in [7, 11) is 0. The van der Waals surface area contributed by atoms with Crippen LogP contribution >= 0.6 is 23.4 Å². The predicted octanol–water partition coefficient (Wildman–Crippen LogP) is 3.78. The summed E-state index contributed by atoms with van der Waals surface area (Å²) in [4.78, 5) is 11.8. The molecule has 1 aromatic rings. The lowest BCUT2D eigenvalue weighted by atomic mass is 10.1. The molecule has 19 heavy (non-hydrogen) atoms. The van der Waals surface area contributed by atoms with Crippen LogP contribution in [0.3, 0.4) is 0 Å². The van der Waals surface area contributed by atoms with Crippen molar-refractivity contribution in [2.45, 2.75) is 25.7 Å². The quantitative estimate of drug-likeness (QED) is 0.813. The number of carbonyl (C=O) groups excluding carboxylic acids is 1. The molecule has 0 aliphatic heterocycles. The van der Waals surface area contributed by atoms with Crippen LogP contribution in [-0.2, 0) is 4.79 Å². The highest BCUT2D eigenvalue weighted by Gasteiger charge is 2.15. The first-order valence-electron chi connectivity index (χ1n) is 6.58. The monoisotopic (exact) mass is 298 g/mol. The topological polar surface area (TPSA) is 55.1 Å². The van der Waals surface area contributed by atoms with E-state index in [1.54, 1.807) is 30.0 Å². The highest BCUT2D eigenvalue weighted by molar-refractivity contribution is 7.99. The average molecular weight is 299 g/mol. The normalized spacial score (nSPS) is 15.6. The van der Waals surface area contributed by atoms with Crippen molar-refractivity contribution < 1.29 is 4.79 Å². The fraction of sp³-hybridized carbons (Fsp3) is 0.500. The first-order chi connectivity index (χ1) is 9.15. The summed E-state index contributed by atoms with van der Waals surface area (Å²) in [5.74, 6) is 2.42. The first-order valence-corrected chi connectivity index (χ1v) is 8.11. The minimum Gasteiger partial charge on any atom is -0.397 e. The van der Waals surface area contributed by atoms with Gasteiger partial charge in [-0.25, -0.2) is 0 Å². The van der Waals surface area contributed by atoms with Gasteiger partial charge in [0.1, 0.15) is 0 Å². The highest BCUT2D eigenvalue weighted by Crippen LogP contribution is 2.28. The Kier molecular flexibility index (Phi) is 5.40. The lowest BCUT2D eigenvalue weighted by Crippen LogP contribution is -2.15. The van der Waals surface area contributed by atoms with Crippen molar-refractivity contribution in [3.8, 4) is 0 Å². The van der Waals surface area contributed by atoms with Crippen molar-refractivity contribution >= 4 is 40.6 Å². The Morgan fingerprint density at radius 1 is 1.42 bits per heavy atom. The molecule has 0 heterocycles. The molecule has 0 unspecified atom stereocenters. The third-order valence-electron chi connectivity index (χ3n) is 3.34. The second-order valence-electron chi connectivity index (χ2n) is 4.95. The van der Waals surface area contributed by atoms with Crippen LogP contribution in [0.25, 0.3) is 0 Å². The number of benzene rings is 1. The molecule has 2 rings (SSSR count). The van der Waals surface area contributed by atoms with Gasteiger partial charge in [-0.05, 0) is 42.7 Å². The van der Waals surface area contributed by atoms with E-state index in [2.05, 4.69) is 5.32 Å². The van der Waals surface area contributed by atoms with Crippen LogP contribution in [0.5, 0.6) is 0 Å². The molecule has 1 aliphatic rings. The van der Waals surface area contributed by atoms with Crippen molar-refractivity contribution in [3.05, 3.63) is 23.2 Å². The maximum Gasteiger partial charge on any atom is 0.234 e. The van der Waals surface area contributed by atoms with Gasteiger partial charge in [0, 0.05) is 5.69 Å². The molecular weight excluding hydrogens is 280 g/mol. The number of hydrogen-bond acceptors (Lipinski definition) is 3. The first kappa shape index (κ1) is 14.5. The molecule has 0 aromatic heterocycles. The van der Waals surface area contributed by atoms with Crippen LogP contribution in [0, 0.1) is 5.92 Å². The van der Waals surface area contributed by atoms with Gasteiger partial charge >= 0.3 is 0 Å². The lowest BCUT2D eigenvalue weighted by Gasteiger charge is -2.09. The average Bonchev–Trinajstić information content (AvgIpc) is 2.87. The molecule has 1 saturated carbocycles. The van der Waals surface area contributed by atoms with Crippen LogP contribution in [0.4, 0.5) is 11.4 Å². The van der Waals surface area contributed by atoms with Crippen LogP contribution in [0.1, 0.15) is 25.7 Å². The van der Waals surface area contributed by atoms with Gasteiger partial charge in [-0.15, -0.1) is 0 Å². The summed E-state index contributed by atoms with van der Waals surface area (Å²) in [6, 6.07) is 5.14. The standard InChI is InChI=1S/C14H19ClN2OS/c15-12-6-5-11(7-13(12)16)17-14(18)9-19-8-10-3-1-2-4-10/h5-7,10H,1-4,8-9,16H2,(H,17,18). The number of nitrogens with two attached hydrogens (primary N) is 1. The molecule has 0 bridgehead atoms. The molecular formula is C14H19ClN2OS. The Labute approximate surface area is 123 Å². The number of halogens is 1. The number of rotatable bonds is 5. The molecule has 0 spiro atoms. The van der Waals surface area contributed by atoms with E-state index >= 15 is 0 Å². The number of nitrogen functional groups attached to an aromatic ring is 1. The van der Waals surface area contributed by atoms with Gasteiger partial charge in [0.2, 0.25) is 5.91 Å². The third-order valence-corrected chi connectivity index (χ3v) is 4.86. The Balaban J connectivity index is 1.72. The molecule has 1 aromatic carbocycles. The van der Waals surface area contributed by atoms with Crippen LogP contribution in [-0.4, -0.2) is 17.4 Å². The Hall–Kier alpha value is -0.870. The molecule has 5 heteroatoms. The number of nitrogens with one attached hydrogen (secondary N) is 1. The van der Waals surface area contributed by atoms with E-state index < -0.39 is 0 Å². The number of carbonyl (C=O) groups is 1. The number of amides is 1. The van der Waals surface area contributed by atoms with E-state index in [1.807, 2.05) is 0 Å². The Morgan fingerprint density at radius 2 is 2.16 bits per heavy atom. The van der Waals surface area contributed by atoms with Gasteiger partial charge in [0.25, 0.3) is 0 Å². The minimum atomic E-state index is 0.0183. The van der Waals surface area contributed by atoms with E-state index in [4.69, 9.17) is 17.3 Å². The number of hydrogen-bond donors (Lipinski definition) is 2. The summed E-state index contributed by atoms with van der Waals surface area (Å²) in [5.41, 5.74) is 6.88. The second kappa shape index (κ2) is 7.06. The molecule has 3 N–H and O–H groups in total. The Bertz CT molecular complexity index is 447. The zero-order chi connectivity index (χ0) is 13.7. The van der Waals surface area contributed by atoms with Gasteiger partial charge in [0.05, 0.1) is 16.5 Å². The summed E-state index contributed by atoms with van der Waals surface area (Å²) in [6.45, 7) is 0. The SMILES string of the molecule is Nc1cc(NC(=O)CSCC2CCCC2)ccc1Cl. The maximum absolute atomic E-state index is 11.8. The van der Waals surface area contributed by atoms with Crippen LogP contribution in [0.2, 0.25) is 5.02 Å². The fourth-order valence-electron chi connectivity index (χ4n) is 2.31. The van der Waals surface area contributed by atoms with E-state index in [1.165, 1.54) is 25.7 Å². The largest absolute Gasteiger partial charge is 0.397 e. The van der Waals surface area contributed by atoms with E-state index in [0.29, 0.717) is 22.2 Å². The van der Waals surface area contributed by atoms with Gasteiger partial charge in [-0.3, -0.25) is 4.79 Å². The van der Waals surface area contributed by atoms with Crippen molar-refractivity contribution in [1.29, 1.82) is 0 Å². The molecule has 0 atom stereocenters. The summed E-state index contributed by atoms with van der Waals surface area (Å²) in [6.07, 6.45) is 5.34. The number of thioether (sulfide) groups is 1. The van der Waals surface area contributed by atoms with Crippen LogP contribution < -0.4 is 11.1 Å².